The first-order valence-corrected chi connectivity index (χ1v) is 20.5. The van der Waals surface area contributed by atoms with Gasteiger partial charge in [0.1, 0.15) is 48.8 Å². The Balaban J connectivity index is 1.22. The number of hydrogen-bond donors (Lipinski definition) is 9. The molecule has 13 heteroatoms. The quantitative estimate of drug-likeness (QED) is 0.114. The summed E-state index contributed by atoms with van der Waals surface area (Å²) in [7, 11) is 0. The third-order valence-corrected chi connectivity index (χ3v) is 16.1. The lowest BCUT2D eigenvalue weighted by Gasteiger charge is -2.70. The average Bonchev–Trinajstić information content (AvgIpc) is 3.49. The van der Waals surface area contributed by atoms with Gasteiger partial charge in [-0.1, -0.05) is 46.3 Å². The zero-order chi connectivity index (χ0) is 39.7. The molecule has 0 aromatic heterocycles. The molecule has 312 valence electrons. The third-order valence-electron chi connectivity index (χ3n) is 16.1. The van der Waals surface area contributed by atoms with Crippen molar-refractivity contribution in [2.24, 2.45) is 45.3 Å². The smallest absolute Gasteiger partial charge is 0.187 e. The molecule has 5 unspecified atom stereocenters. The Morgan fingerprint density at radius 3 is 1.96 bits per heavy atom. The molecule has 0 aromatic carbocycles. The summed E-state index contributed by atoms with van der Waals surface area (Å²) in [4.78, 5) is 0. The van der Waals surface area contributed by atoms with Crippen LogP contribution in [-0.4, -0.2) is 139 Å². The number of aliphatic hydroxyl groups excluding tert-OH is 9. The van der Waals surface area contributed by atoms with E-state index in [2.05, 4.69) is 54.5 Å². The van der Waals surface area contributed by atoms with E-state index in [1.807, 2.05) is 0 Å². The van der Waals surface area contributed by atoms with Crippen LogP contribution in [0.3, 0.4) is 0 Å². The molecule has 2 heterocycles. The minimum absolute atomic E-state index is 0.0360. The van der Waals surface area contributed by atoms with E-state index in [1.54, 1.807) is 0 Å². The van der Waals surface area contributed by atoms with Crippen LogP contribution >= 0.6 is 0 Å². The molecule has 2 aliphatic heterocycles. The summed E-state index contributed by atoms with van der Waals surface area (Å²) >= 11 is 0. The molecule has 6 fully saturated rings. The van der Waals surface area contributed by atoms with Crippen molar-refractivity contribution in [1.82, 2.24) is 0 Å². The van der Waals surface area contributed by atoms with Crippen LogP contribution in [0.4, 0.5) is 0 Å². The molecule has 13 nitrogen and oxygen atoms in total. The Kier molecular flexibility index (Phi) is 12.5. The van der Waals surface area contributed by atoms with Crippen molar-refractivity contribution < 1.29 is 64.9 Å². The first kappa shape index (κ1) is 42.8. The van der Waals surface area contributed by atoms with Crippen LogP contribution < -0.4 is 0 Å². The van der Waals surface area contributed by atoms with Gasteiger partial charge in [-0.3, -0.25) is 0 Å². The van der Waals surface area contributed by atoms with E-state index in [4.69, 9.17) is 18.9 Å². The summed E-state index contributed by atoms with van der Waals surface area (Å²) in [6, 6.07) is 0. The van der Waals surface area contributed by atoms with Gasteiger partial charge in [0.05, 0.1) is 31.5 Å². The highest BCUT2D eigenvalue weighted by Crippen LogP contribution is 2.75. The minimum Gasteiger partial charge on any atom is -0.394 e. The van der Waals surface area contributed by atoms with E-state index >= 15 is 0 Å². The van der Waals surface area contributed by atoms with Crippen LogP contribution in [0, 0.1) is 45.3 Å². The fraction of sp³-hybridized carbons (Fsp3) is 0.951. The Morgan fingerprint density at radius 2 is 1.33 bits per heavy atom. The van der Waals surface area contributed by atoms with Gasteiger partial charge in [0.2, 0.25) is 0 Å². The van der Waals surface area contributed by atoms with Crippen molar-refractivity contribution in [2.75, 3.05) is 13.2 Å². The van der Waals surface area contributed by atoms with E-state index in [0.29, 0.717) is 19.3 Å². The van der Waals surface area contributed by atoms with Crippen molar-refractivity contribution in [3.8, 4) is 0 Å². The standard InChI is InChI=1S/C41H70O13/c1-20(2)9-8-10-22(44)21-11-15-41(7)29(21)23(45)17-27-39(5)14-13-28(38(3,4)26(39)12-16-40(27,41)6)53-37-35(33(49)31(47)25(19-43)52-37)54-36-34(50)32(48)30(46)24(18-42)51-36/h9,21-37,42-50H,8,10-19H2,1-7H3/t21?,22?,23-,24-,25-,26?,27?,28+,29?,30-,31-,32+,33+,34-,35-,36-,37+,39+,40-,41-/m1/s1. The summed E-state index contributed by atoms with van der Waals surface area (Å²) in [6.45, 7) is 14.5. The van der Waals surface area contributed by atoms with Gasteiger partial charge in [0.15, 0.2) is 12.6 Å². The maximum Gasteiger partial charge on any atom is 0.187 e. The van der Waals surface area contributed by atoms with E-state index in [1.165, 1.54) is 5.57 Å². The van der Waals surface area contributed by atoms with Gasteiger partial charge in [-0.25, -0.2) is 0 Å². The number of aliphatic hydroxyl groups is 9. The van der Waals surface area contributed by atoms with Crippen LogP contribution in [0.1, 0.15) is 106 Å². The predicted octanol–water partition coefficient (Wildman–Crippen LogP) is 1.76. The third kappa shape index (κ3) is 6.96. The summed E-state index contributed by atoms with van der Waals surface area (Å²) < 4.78 is 24.3. The molecule has 0 radical (unpaired) electrons. The van der Waals surface area contributed by atoms with Gasteiger partial charge in [-0.2, -0.15) is 0 Å². The van der Waals surface area contributed by atoms with Gasteiger partial charge in [0, 0.05) is 0 Å². The molecule has 2 saturated heterocycles. The Bertz CT molecular complexity index is 1320. The number of hydrogen-bond acceptors (Lipinski definition) is 13. The predicted molar refractivity (Wildman–Crippen MR) is 196 cm³/mol. The van der Waals surface area contributed by atoms with Gasteiger partial charge in [-0.05, 0) is 117 Å². The second-order valence-corrected chi connectivity index (χ2v) is 19.4. The highest BCUT2D eigenvalue weighted by molar-refractivity contribution is 5.19. The highest BCUT2D eigenvalue weighted by atomic mass is 16.8. The largest absolute Gasteiger partial charge is 0.394 e. The fourth-order valence-electron chi connectivity index (χ4n) is 13.0. The van der Waals surface area contributed by atoms with Crippen molar-refractivity contribution >= 4 is 0 Å². The zero-order valence-electron chi connectivity index (χ0n) is 33.3. The Labute approximate surface area is 320 Å². The van der Waals surface area contributed by atoms with Crippen LogP contribution in [0.15, 0.2) is 11.6 Å². The zero-order valence-corrected chi connectivity index (χ0v) is 33.3. The van der Waals surface area contributed by atoms with Gasteiger partial charge in [-0.15, -0.1) is 0 Å². The normalized spacial score (nSPS) is 52.1. The molecule has 0 bridgehead atoms. The molecular formula is C41H70O13. The summed E-state index contributed by atoms with van der Waals surface area (Å²) in [6.07, 6.45) is -6.76. The van der Waals surface area contributed by atoms with E-state index in [9.17, 15) is 46.0 Å². The second-order valence-electron chi connectivity index (χ2n) is 19.4. The van der Waals surface area contributed by atoms with Crippen molar-refractivity contribution in [3.05, 3.63) is 11.6 Å². The SMILES string of the molecule is CC(C)=CCCC(O)C1CC[C@]2(C)C1[C@H](O)CC1[C@@]3(C)CC[C@H](O[C@@H]4O[C@H](CO)[C@@H](O)[C@H](O)[C@H]4O[C@H]4O[C@H](CO)[C@@H](O)[C@H](O)[C@H]4O)C(C)(C)C3CC[C@]12C. The van der Waals surface area contributed by atoms with Crippen molar-refractivity contribution in [2.45, 2.75) is 186 Å². The molecule has 0 spiro atoms. The maximum absolute atomic E-state index is 12.1. The molecule has 4 aliphatic carbocycles. The van der Waals surface area contributed by atoms with Crippen LogP contribution in [0.2, 0.25) is 0 Å². The second kappa shape index (κ2) is 15.8. The summed E-state index contributed by atoms with van der Waals surface area (Å²) in [5, 5.41) is 96.7. The maximum atomic E-state index is 12.1. The van der Waals surface area contributed by atoms with Gasteiger partial charge in [0.25, 0.3) is 0 Å². The monoisotopic (exact) mass is 770 g/mol. The van der Waals surface area contributed by atoms with E-state index < -0.39 is 98.4 Å². The number of rotatable bonds is 10. The highest BCUT2D eigenvalue weighted by Gasteiger charge is 2.71. The number of allylic oxidation sites excluding steroid dienone is 2. The van der Waals surface area contributed by atoms with Crippen LogP contribution in [0.5, 0.6) is 0 Å². The number of ether oxygens (including phenoxy) is 4. The lowest BCUT2D eigenvalue weighted by molar-refractivity contribution is -0.378. The minimum atomic E-state index is -1.75. The summed E-state index contributed by atoms with van der Waals surface area (Å²) in [5.74, 6) is 0.549. The first-order valence-electron chi connectivity index (χ1n) is 20.5. The van der Waals surface area contributed by atoms with Crippen LogP contribution in [-0.2, 0) is 18.9 Å². The van der Waals surface area contributed by atoms with E-state index in [-0.39, 0.29) is 39.9 Å². The molecule has 54 heavy (non-hydrogen) atoms. The van der Waals surface area contributed by atoms with Gasteiger partial charge >= 0.3 is 0 Å². The van der Waals surface area contributed by atoms with Crippen molar-refractivity contribution in [1.29, 1.82) is 0 Å². The molecule has 4 saturated carbocycles. The fourth-order valence-corrected chi connectivity index (χ4v) is 13.0. The van der Waals surface area contributed by atoms with Gasteiger partial charge < -0.3 is 64.9 Å². The first-order chi connectivity index (χ1) is 25.3. The molecule has 9 N–H and O–H groups in total. The van der Waals surface area contributed by atoms with Crippen molar-refractivity contribution in [3.63, 3.8) is 0 Å². The van der Waals surface area contributed by atoms with E-state index in [0.717, 1.165) is 38.5 Å². The number of fused-ring (bicyclic) bond motifs is 5. The average molecular weight is 771 g/mol. The topological polar surface area (TPSA) is 219 Å². The Morgan fingerprint density at radius 1 is 0.722 bits per heavy atom. The lowest BCUT2D eigenvalue weighted by Crippen LogP contribution is -2.67. The summed E-state index contributed by atoms with van der Waals surface area (Å²) in [5.41, 5.74) is 0.533. The van der Waals surface area contributed by atoms with Crippen LogP contribution in [0.25, 0.3) is 0 Å². The molecule has 20 atom stereocenters. The molecule has 0 aromatic rings. The molecule has 0 amide bonds. The lowest BCUT2D eigenvalue weighted by atomic mass is 9.35. The molecule has 6 rings (SSSR count). The molecule has 6 aliphatic rings. The molecular weight excluding hydrogens is 700 g/mol. The Hall–Kier alpha value is -0.780.